The monoisotopic (exact) mass is 367 g/mol. The van der Waals surface area contributed by atoms with Crippen LogP contribution in [0.5, 0.6) is 0 Å². The maximum atomic E-state index is 13.5. The molecule has 2 aromatic rings. The van der Waals surface area contributed by atoms with Gasteiger partial charge in [0.2, 0.25) is 0 Å². The zero-order valence-corrected chi connectivity index (χ0v) is 15.7. The molecule has 1 N–H and O–H groups in total. The third kappa shape index (κ3) is 3.56. The number of nitrogens with one attached hydrogen (secondary N) is 1. The van der Waals surface area contributed by atoms with Gasteiger partial charge in [0, 0.05) is 25.7 Å². The Bertz CT molecular complexity index is 807. The molecule has 0 bridgehead atoms. The number of likely N-dealkylation sites (tertiary alicyclic amines) is 1. The first-order chi connectivity index (χ1) is 13.2. The second-order valence-corrected chi connectivity index (χ2v) is 7.45. The summed E-state index contributed by atoms with van der Waals surface area (Å²) in [6, 6.07) is 15.1. The molecule has 2 amide bonds. The minimum atomic E-state index is -0.256. The van der Waals surface area contributed by atoms with E-state index in [-0.39, 0.29) is 17.9 Å². The van der Waals surface area contributed by atoms with Gasteiger partial charge in [0.15, 0.2) is 0 Å². The summed E-state index contributed by atoms with van der Waals surface area (Å²) in [6.07, 6.45) is 2.97. The van der Waals surface area contributed by atoms with Crippen molar-refractivity contribution in [3.8, 4) is 0 Å². The number of hydrogen-bond donors (Lipinski definition) is 1. The van der Waals surface area contributed by atoms with Crippen molar-refractivity contribution in [1.29, 1.82) is 0 Å². The number of nitrogens with zero attached hydrogens (tertiary/aromatic N) is 2. The highest BCUT2D eigenvalue weighted by molar-refractivity contribution is 5.76. The van der Waals surface area contributed by atoms with E-state index in [2.05, 4.69) is 17.4 Å². The van der Waals surface area contributed by atoms with Crippen LogP contribution in [0.15, 0.2) is 48.5 Å². The van der Waals surface area contributed by atoms with Crippen LogP contribution in [0.25, 0.3) is 0 Å². The number of likely N-dealkylation sites (N-methyl/N-ethyl adjacent to an activating group) is 1. The van der Waals surface area contributed by atoms with Crippen molar-refractivity contribution in [2.45, 2.75) is 31.3 Å². The van der Waals surface area contributed by atoms with Crippen LogP contribution in [0.3, 0.4) is 0 Å². The van der Waals surface area contributed by atoms with Gasteiger partial charge in [-0.05, 0) is 55.1 Å². The average Bonchev–Trinajstić information content (AvgIpc) is 2.73. The first-order valence-electron chi connectivity index (χ1n) is 9.73. The lowest BCUT2D eigenvalue weighted by Crippen LogP contribution is -2.53. The van der Waals surface area contributed by atoms with Crippen molar-refractivity contribution in [2.75, 3.05) is 26.7 Å². The van der Waals surface area contributed by atoms with Crippen LogP contribution in [-0.2, 0) is 6.42 Å². The largest absolute Gasteiger partial charge is 0.323 e. The smallest absolute Gasteiger partial charge is 0.320 e. The molecule has 5 heteroatoms. The molecule has 4 nitrogen and oxygen atoms in total. The van der Waals surface area contributed by atoms with E-state index in [9.17, 15) is 9.18 Å². The van der Waals surface area contributed by atoms with Crippen LogP contribution >= 0.6 is 0 Å². The lowest BCUT2D eigenvalue weighted by Gasteiger charge is -2.42. The van der Waals surface area contributed by atoms with E-state index in [1.807, 2.05) is 29.0 Å². The fourth-order valence-electron chi connectivity index (χ4n) is 4.35. The molecule has 0 unspecified atom stereocenters. The molecule has 4 rings (SSSR count). The van der Waals surface area contributed by atoms with Crippen molar-refractivity contribution in [3.05, 3.63) is 71.0 Å². The highest BCUT2D eigenvalue weighted by Gasteiger charge is 2.35. The summed E-state index contributed by atoms with van der Waals surface area (Å²) in [5.41, 5.74) is 3.37. The summed E-state index contributed by atoms with van der Waals surface area (Å²) >= 11 is 0. The first kappa shape index (κ1) is 18.0. The van der Waals surface area contributed by atoms with Gasteiger partial charge in [-0.25, -0.2) is 9.18 Å². The zero-order chi connectivity index (χ0) is 18.8. The van der Waals surface area contributed by atoms with E-state index in [1.54, 1.807) is 12.1 Å². The summed E-state index contributed by atoms with van der Waals surface area (Å²) in [6.45, 7) is 2.22. The highest BCUT2D eigenvalue weighted by Crippen LogP contribution is 2.36. The second-order valence-electron chi connectivity index (χ2n) is 7.45. The number of carbonyl (C=O) groups is 1. The predicted octanol–water partition coefficient (Wildman–Crippen LogP) is 3.58. The summed E-state index contributed by atoms with van der Waals surface area (Å²) in [5, 5.41) is 3.30. The van der Waals surface area contributed by atoms with Gasteiger partial charge < -0.3 is 15.1 Å². The third-order valence-electron chi connectivity index (χ3n) is 5.82. The standard InChI is InChI=1S/C22H26FN3O/c1-24-19-6-4-13-25(15-19)22(27)26-14-12-16-5-2-3-7-20(16)21(26)17-8-10-18(23)11-9-17/h2-3,5,7-11,19,21,24H,4,6,12-15H2,1H3/t19-,21+/m1/s1. The number of rotatable bonds is 2. The van der Waals surface area contributed by atoms with Crippen molar-refractivity contribution in [2.24, 2.45) is 0 Å². The van der Waals surface area contributed by atoms with Crippen LogP contribution in [0.4, 0.5) is 9.18 Å². The molecule has 2 heterocycles. The maximum Gasteiger partial charge on any atom is 0.320 e. The Morgan fingerprint density at radius 3 is 2.67 bits per heavy atom. The van der Waals surface area contributed by atoms with E-state index in [0.717, 1.165) is 43.5 Å². The van der Waals surface area contributed by atoms with Crippen LogP contribution in [0.1, 0.15) is 35.6 Å². The molecule has 2 aromatic carbocycles. The quantitative estimate of drug-likeness (QED) is 0.881. The molecular formula is C22H26FN3O. The predicted molar refractivity (Wildman–Crippen MR) is 104 cm³/mol. The van der Waals surface area contributed by atoms with E-state index in [4.69, 9.17) is 0 Å². The maximum absolute atomic E-state index is 13.5. The van der Waals surface area contributed by atoms with Crippen LogP contribution in [-0.4, -0.2) is 48.6 Å². The molecule has 27 heavy (non-hydrogen) atoms. The molecule has 1 fully saturated rings. The minimum Gasteiger partial charge on any atom is -0.323 e. The van der Waals surface area contributed by atoms with Gasteiger partial charge in [0.1, 0.15) is 5.82 Å². The number of piperidine rings is 1. The second kappa shape index (κ2) is 7.69. The Balaban J connectivity index is 1.68. The first-order valence-corrected chi connectivity index (χ1v) is 9.73. The highest BCUT2D eigenvalue weighted by atomic mass is 19.1. The molecule has 0 aromatic heterocycles. The number of fused-ring (bicyclic) bond motifs is 1. The topological polar surface area (TPSA) is 35.6 Å². The molecule has 0 radical (unpaired) electrons. The number of benzene rings is 2. The van der Waals surface area contributed by atoms with E-state index in [1.165, 1.54) is 17.7 Å². The van der Waals surface area contributed by atoms with Crippen molar-refractivity contribution in [3.63, 3.8) is 0 Å². The average molecular weight is 367 g/mol. The number of amides is 2. The van der Waals surface area contributed by atoms with Crippen molar-refractivity contribution < 1.29 is 9.18 Å². The number of hydrogen-bond acceptors (Lipinski definition) is 2. The van der Waals surface area contributed by atoms with E-state index < -0.39 is 0 Å². The lowest BCUT2D eigenvalue weighted by atomic mass is 9.88. The Labute approximate surface area is 160 Å². The van der Waals surface area contributed by atoms with E-state index >= 15 is 0 Å². The lowest BCUT2D eigenvalue weighted by molar-refractivity contribution is 0.122. The molecular weight excluding hydrogens is 341 g/mol. The number of urea groups is 1. The molecule has 1 saturated heterocycles. The van der Waals surface area contributed by atoms with Gasteiger partial charge in [0.05, 0.1) is 6.04 Å². The van der Waals surface area contributed by atoms with Crippen molar-refractivity contribution in [1.82, 2.24) is 15.1 Å². The molecule has 2 aliphatic rings. The normalized spacial score (nSPS) is 22.4. The van der Waals surface area contributed by atoms with Crippen LogP contribution in [0.2, 0.25) is 0 Å². The number of halogens is 1. The fraction of sp³-hybridized carbons (Fsp3) is 0.409. The Kier molecular flexibility index (Phi) is 5.12. The van der Waals surface area contributed by atoms with Crippen molar-refractivity contribution >= 4 is 6.03 Å². The molecule has 0 spiro atoms. The summed E-state index contributed by atoms with van der Waals surface area (Å²) in [5.74, 6) is -0.256. The SMILES string of the molecule is CN[C@@H]1CCCN(C(=O)N2CCc3ccccc3[C@@H]2c2ccc(F)cc2)C1. The van der Waals surface area contributed by atoms with Crippen LogP contribution in [0, 0.1) is 5.82 Å². The molecule has 0 saturated carbocycles. The van der Waals surface area contributed by atoms with Crippen LogP contribution < -0.4 is 5.32 Å². The number of carbonyl (C=O) groups excluding carboxylic acids is 1. The van der Waals surface area contributed by atoms with Gasteiger partial charge in [-0.15, -0.1) is 0 Å². The minimum absolute atomic E-state index is 0.0822. The summed E-state index contributed by atoms with van der Waals surface area (Å²) < 4.78 is 13.5. The third-order valence-corrected chi connectivity index (χ3v) is 5.82. The fourth-order valence-corrected chi connectivity index (χ4v) is 4.35. The summed E-state index contributed by atoms with van der Waals surface area (Å²) in [4.78, 5) is 17.4. The zero-order valence-electron chi connectivity index (χ0n) is 15.7. The molecule has 2 atom stereocenters. The molecule has 2 aliphatic heterocycles. The van der Waals surface area contributed by atoms with Gasteiger partial charge in [0.25, 0.3) is 0 Å². The molecule has 142 valence electrons. The Morgan fingerprint density at radius 2 is 1.89 bits per heavy atom. The van der Waals surface area contributed by atoms with Gasteiger partial charge in [-0.1, -0.05) is 36.4 Å². The summed E-state index contributed by atoms with van der Waals surface area (Å²) in [7, 11) is 1.96. The Hall–Kier alpha value is -2.40. The van der Waals surface area contributed by atoms with Gasteiger partial charge >= 0.3 is 6.03 Å². The Morgan fingerprint density at radius 1 is 1.11 bits per heavy atom. The van der Waals surface area contributed by atoms with Gasteiger partial charge in [-0.3, -0.25) is 0 Å². The molecule has 0 aliphatic carbocycles. The van der Waals surface area contributed by atoms with E-state index in [0.29, 0.717) is 12.6 Å². The van der Waals surface area contributed by atoms with Gasteiger partial charge in [-0.2, -0.15) is 0 Å².